The van der Waals surface area contributed by atoms with Gasteiger partial charge in [-0.3, -0.25) is 4.18 Å². The highest BCUT2D eigenvalue weighted by Gasteiger charge is 2.12. The quantitative estimate of drug-likeness (QED) is 0.717. The average Bonchev–Trinajstić information content (AvgIpc) is 2.18. The van der Waals surface area contributed by atoms with Crippen LogP contribution in [-0.4, -0.2) is 15.0 Å². The monoisotopic (exact) mass is 212 g/mol. The Hall–Kier alpha value is -1.13. The molecule has 0 N–H and O–H groups in total. The third-order valence-electron chi connectivity index (χ3n) is 1.68. The lowest BCUT2D eigenvalue weighted by atomic mass is 10.2. The normalized spacial score (nSPS) is 11.2. The van der Waals surface area contributed by atoms with Gasteiger partial charge < -0.3 is 0 Å². The van der Waals surface area contributed by atoms with Crippen molar-refractivity contribution in [1.29, 1.82) is 0 Å². The molecule has 0 amide bonds. The van der Waals surface area contributed by atoms with Gasteiger partial charge in [-0.05, 0) is 24.6 Å². The second-order valence-electron chi connectivity index (χ2n) is 2.63. The summed E-state index contributed by atoms with van der Waals surface area (Å²) in [6.07, 6.45) is 1.65. The van der Waals surface area contributed by atoms with E-state index >= 15 is 0 Å². The third kappa shape index (κ3) is 2.43. The zero-order valence-electron chi connectivity index (χ0n) is 7.93. The molecule has 0 radical (unpaired) electrons. The van der Waals surface area contributed by atoms with Gasteiger partial charge in [0.2, 0.25) is 0 Å². The molecule has 1 rings (SSSR count). The zero-order valence-corrected chi connectivity index (χ0v) is 8.75. The molecule has 0 atom stereocenters. The van der Waals surface area contributed by atoms with E-state index in [-0.39, 0.29) is 11.5 Å². The Morgan fingerprint density at radius 1 is 1.36 bits per heavy atom. The second-order valence-corrected chi connectivity index (χ2v) is 4.25. The van der Waals surface area contributed by atoms with Crippen LogP contribution in [0.15, 0.2) is 35.7 Å². The molecule has 4 heteroatoms. The molecule has 0 unspecified atom stereocenters. The fraction of sp³-hybridized carbons (Fsp3) is 0.200. The minimum absolute atomic E-state index is 0.144. The maximum Gasteiger partial charge on any atom is 0.296 e. The van der Waals surface area contributed by atoms with Crippen molar-refractivity contribution in [1.82, 2.24) is 0 Å². The van der Waals surface area contributed by atoms with Crippen LogP contribution in [0.5, 0.6) is 0 Å². The van der Waals surface area contributed by atoms with Crippen LogP contribution in [0, 0.1) is 0 Å². The van der Waals surface area contributed by atoms with Crippen molar-refractivity contribution in [2.24, 2.45) is 0 Å². The summed E-state index contributed by atoms with van der Waals surface area (Å²) >= 11 is 0. The van der Waals surface area contributed by atoms with Crippen LogP contribution in [0.2, 0.25) is 0 Å². The molecule has 14 heavy (non-hydrogen) atoms. The maximum absolute atomic E-state index is 11.4. The van der Waals surface area contributed by atoms with E-state index in [2.05, 4.69) is 10.8 Å². The van der Waals surface area contributed by atoms with Gasteiger partial charge in [0, 0.05) is 0 Å². The first-order valence-corrected chi connectivity index (χ1v) is 5.63. The Balaban J connectivity index is 3.03. The fourth-order valence-corrected chi connectivity index (χ4v) is 1.91. The van der Waals surface area contributed by atoms with E-state index in [4.69, 9.17) is 0 Å². The molecule has 0 heterocycles. The molecule has 0 saturated heterocycles. The predicted molar refractivity (Wildman–Crippen MR) is 55.3 cm³/mol. The Bertz CT molecular complexity index is 403. The molecular weight excluding hydrogens is 200 g/mol. The molecule has 0 spiro atoms. The number of benzene rings is 1. The summed E-state index contributed by atoms with van der Waals surface area (Å²) in [5.74, 6) is 0. The third-order valence-corrected chi connectivity index (χ3v) is 3.07. The van der Waals surface area contributed by atoms with Crippen LogP contribution in [0.4, 0.5) is 0 Å². The molecule has 0 saturated carbocycles. The van der Waals surface area contributed by atoms with Gasteiger partial charge in [0.15, 0.2) is 0 Å². The van der Waals surface area contributed by atoms with E-state index in [9.17, 15) is 8.42 Å². The van der Waals surface area contributed by atoms with E-state index < -0.39 is 10.1 Å². The number of rotatable bonds is 4. The highest BCUT2D eigenvalue weighted by atomic mass is 32.2. The van der Waals surface area contributed by atoms with Crippen LogP contribution in [0.1, 0.15) is 12.5 Å². The summed E-state index contributed by atoms with van der Waals surface area (Å²) in [6.45, 7) is 5.36. The van der Waals surface area contributed by atoms with E-state index in [1.807, 2.05) is 0 Å². The van der Waals surface area contributed by atoms with Gasteiger partial charge in [-0.25, -0.2) is 0 Å². The Morgan fingerprint density at radius 3 is 2.36 bits per heavy atom. The van der Waals surface area contributed by atoms with E-state index in [1.54, 1.807) is 25.1 Å². The van der Waals surface area contributed by atoms with E-state index in [1.165, 1.54) is 12.1 Å². The lowest BCUT2D eigenvalue weighted by Gasteiger charge is -2.02. The van der Waals surface area contributed by atoms with Crippen LogP contribution in [0.25, 0.3) is 6.08 Å². The van der Waals surface area contributed by atoms with Crippen molar-refractivity contribution in [2.45, 2.75) is 11.8 Å². The van der Waals surface area contributed by atoms with Crippen molar-refractivity contribution in [3.05, 3.63) is 36.4 Å². The SMILES string of the molecule is C=Cc1ccc(S(=O)(=O)OCC)cc1. The van der Waals surface area contributed by atoms with Crippen molar-refractivity contribution in [2.75, 3.05) is 6.61 Å². The van der Waals surface area contributed by atoms with Crippen molar-refractivity contribution >= 4 is 16.2 Å². The van der Waals surface area contributed by atoms with Crippen molar-refractivity contribution < 1.29 is 12.6 Å². The molecule has 0 aliphatic carbocycles. The van der Waals surface area contributed by atoms with Gasteiger partial charge in [-0.15, -0.1) is 0 Å². The second kappa shape index (κ2) is 4.39. The minimum Gasteiger partial charge on any atom is -0.267 e. The van der Waals surface area contributed by atoms with Crippen LogP contribution < -0.4 is 0 Å². The summed E-state index contributed by atoms with van der Waals surface area (Å²) in [5, 5.41) is 0. The Kier molecular flexibility index (Phi) is 3.43. The molecule has 0 aromatic heterocycles. The summed E-state index contributed by atoms with van der Waals surface area (Å²) in [6, 6.07) is 6.36. The molecule has 0 fully saturated rings. The lowest BCUT2D eigenvalue weighted by Crippen LogP contribution is -2.05. The molecule has 1 aromatic carbocycles. The van der Waals surface area contributed by atoms with Gasteiger partial charge in [-0.1, -0.05) is 24.8 Å². The Labute approximate surface area is 84.1 Å². The molecule has 3 nitrogen and oxygen atoms in total. The van der Waals surface area contributed by atoms with Crippen molar-refractivity contribution in [3.8, 4) is 0 Å². The van der Waals surface area contributed by atoms with Gasteiger partial charge in [0.25, 0.3) is 10.1 Å². The van der Waals surface area contributed by atoms with Crippen LogP contribution >= 0.6 is 0 Å². The van der Waals surface area contributed by atoms with E-state index in [0.717, 1.165) is 5.56 Å². The largest absolute Gasteiger partial charge is 0.296 e. The number of hydrogen-bond acceptors (Lipinski definition) is 3. The fourth-order valence-electron chi connectivity index (χ4n) is 0.994. The molecule has 1 aromatic rings. The standard InChI is InChI=1S/C10H12O3S/c1-3-9-5-7-10(8-6-9)14(11,12)13-4-2/h3,5-8H,1,4H2,2H3. The summed E-state index contributed by atoms with van der Waals surface area (Å²) in [7, 11) is -3.57. The number of hydrogen-bond donors (Lipinski definition) is 0. The predicted octanol–water partition coefficient (Wildman–Crippen LogP) is 2.05. The minimum atomic E-state index is -3.57. The molecule has 76 valence electrons. The molecule has 0 aliphatic heterocycles. The van der Waals surface area contributed by atoms with Gasteiger partial charge in [-0.2, -0.15) is 8.42 Å². The van der Waals surface area contributed by atoms with Crippen LogP contribution in [-0.2, 0) is 14.3 Å². The first-order chi connectivity index (χ1) is 6.60. The first kappa shape index (κ1) is 10.9. The van der Waals surface area contributed by atoms with Crippen LogP contribution in [0.3, 0.4) is 0 Å². The maximum atomic E-state index is 11.4. The highest BCUT2D eigenvalue weighted by Crippen LogP contribution is 2.13. The van der Waals surface area contributed by atoms with E-state index in [0.29, 0.717) is 0 Å². The molecule has 0 aliphatic rings. The summed E-state index contributed by atoms with van der Waals surface area (Å²) in [4.78, 5) is 0.171. The zero-order chi connectivity index (χ0) is 10.6. The lowest BCUT2D eigenvalue weighted by molar-refractivity contribution is 0.338. The van der Waals surface area contributed by atoms with Gasteiger partial charge >= 0.3 is 0 Å². The average molecular weight is 212 g/mol. The molecule has 0 bridgehead atoms. The molecular formula is C10H12O3S. The van der Waals surface area contributed by atoms with Gasteiger partial charge in [0.05, 0.1) is 11.5 Å². The summed E-state index contributed by atoms with van der Waals surface area (Å²) in [5.41, 5.74) is 0.875. The first-order valence-electron chi connectivity index (χ1n) is 4.22. The Morgan fingerprint density at radius 2 is 1.93 bits per heavy atom. The smallest absolute Gasteiger partial charge is 0.267 e. The summed E-state index contributed by atoms with van der Waals surface area (Å²) < 4.78 is 27.4. The topological polar surface area (TPSA) is 43.4 Å². The highest BCUT2D eigenvalue weighted by molar-refractivity contribution is 7.86. The van der Waals surface area contributed by atoms with Gasteiger partial charge in [0.1, 0.15) is 0 Å². The van der Waals surface area contributed by atoms with Crippen molar-refractivity contribution in [3.63, 3.8) is 0 Å².